The first-order valence-electron chi connectivity index (χ1n) is 10.2. The number of anilines is 1. The fourth-order valence-electron chi connectivity index (χ4n) is 4.80. The smallest absolute Gasteiger partial charge is 0.246 e. The van der Waals surface area contributed by atoms with Gasteiger partial charge < -0.3 is 20.4 Å². The van der Waals surface area contributed by atoms with Crippen LogP contribution in [0.3, 0.4) is 0 Å². The highest BCUT2D eigenvalue weighted by Gasteiger charge is 2.42. The van der Waals surface area contributed by atoms with Crippen LogP contribution in [0.4, 0.5) is 5.69 Å². The molecule has 2 fully saturated rings. The summed E-state index contributed by atoms with van der Waals surface area (Å²) in [7, 11) is 1.75. The first-order chi connectivity index (χ1) is 13.6. The van der Waals surface area contributed by atoms with Crippen molar-refractivity contribution in [2.24, 2.45) is 10.4 Å². The average Bonchev–Trinajstić information content (AvgIpc) is 3.07. The van der Waals surface area contributed by atoms with Crippen LogP contribution in [-0.2, 0) is 16.0 Å². The topological polar surface area (TPSA) is 77.0 Å². The molecule has 3 heterocycles. The number of aliphatic imine (C=N–C) groups is 1. The minimum Gasteiger partial charge on any atom is -0.355 e. The molecule has 3 aliphatic heterocycles. The highest BCUT2D eigenvalue weighted by Crippen LogP contribution is 2.36. The van der Waals surface area contributed by atoms with Crippen molar-refractivity contribution in [3.63, 3.8) is 0 Å². The molecule has 2 saturated heterocycles. The third kappa shape index (κ3) is 4.67. The molecule has 4 rings (SSSR count). The van der Waals surface area contributed by atoms with Gasteiger partial charge in [-0.05, 0) is 37.3 Å². The molecule has 0 saturated carbocycles. The summed E-state index contributed by atoms with van der Waals surface area (Å²) in [5.74, 6) is 0.957. The molecule has 0 bridgehead atoms. The number of benzene rings is 1. The molecule has 158 valence electrons. The fraction of sp³-hybridized carbons (Fsp3) is 0.571. The number of guanidine groups is 1. The summed E-state index contributed by atoms with van der Waals surface area (Å²) in [6.07, 6.45) is 4.70. The van der Waals surface area contributed by atoms with Crippen LogP contribution in [0.5, 0.6) is 0 Å². The number of fused-ring (bicyclic) bond motifs is 1. The molecule has 7 nitrogen and oxygen atoms in total. The van der Waals surface area contributed by atoms with E-state index in [1.807, 2.05) is 23.1 Å². The van der Waals surface area contributed by atoms with E-state index in [1.54, 1.807) is 7.05 Å². The Bertz CT molecular complexity index is 799. The van der Waals surface area contributed by atoms with Crippen molar-refractivity contribution in [2.45, 2.75) is 32.1 Å². The minimum absolute atomic E-state index is 0. The fourth-order valence-corrected chi connectivity index (χ4v) is 4.80. The van der Waals surface area contributed by atoms with Crippen LogP contribution in [0, 0.1) is 5.41 Å². The Morgan fingerprint density at radius 3 is 2.86 bits per heavy atom. The molecule has 8 heteroatoms. The molecule has 1 unspecified atom stereocenters. The number of aryl methyl sites for hydroxylation is 1. The number of halogens is 1. The first kappa shape index (κ1) is 21.9. The van der Waals surface area contributed by atoms with E-state index < -0.39 is 0 Å². The summed E-state index contributed by atoms with van der Waals surface area (Å²) in [5.41, 5.74) is 2.27. The number of piperidine rings is 1. The molecule has 1 atom stereocenters. The average molecular weight is 511 g/mol. The molecule has 1 aromatic rings. The Morgan fingerprint density at radius 2 is 2.10 bits per heavy atom. The van der Waals surface area contributed by atoms with E-state index in [0.717, 1.165) is 63.5 Å². The van der Waals surface area contributed by atoms with Gasteiger partial charge in [0.05, 0.1) is 6.54 Å². The summed E-state index contributed by atoms with van der Waals surface area (Å²) >= 11 is 0. The molecule has 0 radical (unpaired) electrons. The second-order valence-corrected chi connectivity index (χ2v) is 8.16. The van der Waals surface area contributed by atoms with E-state index in [-0.39, 0.29) is 47.8 Å². The zero-order valence-electron chi connectivity index (χ0n) is 16.9. The van der Waals surface area contributed by atoms with Gasteiger partial charge in [-0.2, -0.15) is 0 Å². The van der Waals surface area contributed by atoms with Gasteiger partial charge in [-0.15, -0.1) is 24.0 Å². The van der Waals surface area contributed by atoms with Gasteiger partial charge in [0, 0.05) is 50.7 Å². The van der Waals surface area contributed by atoms with E-state index in [9.17, 15) is 9.59 Å². The minimum atomic E-state index is 0. The quantitative estimate of drug-likeness (QED) is 0.361. The Morgan fingerprint density at radius 1 is 1.28 bits per heavy atom. The SMILES string of the molecule is CN=C(NCC(=O)N1CCCc2ccccc21)N1CCCC2(CNC(=O)C2)C1.I. The van der Waals surface area contributed by atoms with E-state index in [1.165, 1.54) is 5.56 Å². The Kier molecular flexibility index (Phi) is 7.02. The molecule has 2 N–H and O–H groups in total. The molecule has 1 aromatic carbocycles. The molecule has 2 amide bonds. The lowest BCUT2D eigenvalue weighted by atomic mass is 9.79. The molecule has 1 spiro atoms. The molecule has 0 aliphatic carbocycles. The van der Waals surface area contributed by atoms with Crippen molar-refractivity contribution >= 4 is 47.4 Å². The van der Waals surface area contributed by atoms with Gasteiger partial charge in [-0.3, -0.25) is 14.6 Å². The highest BCUT2D eigenvalue weighted by molar-refractivity contribution is 14.0. The maximum Gasteiger partial charge on any atom is 0.246 e. The first-order valence-corrected chi connectivity index (χ1v) is 10.2. The van der Waals surface area contributed by atoms with Crippen molar-refractivity contribution < 1.29 is 9.59 Å². The van der Waals surface area contributed by atoms with Gasteiger partial charge >= 0.3 is 0 Å². The molecule has 0 aromatic heterocycles. The monoisotopic (exact) mass is 511 g/mol. The maximum absolute atomic E-state index is 12.9. The van der Waals surface area contributed by atoms with E-state index in [2.05, 4.69) is 26.6 Å². The summed E-state index contributed by atoms with van der Waals surface area (Å²) in [6.45, 7) is 3.42. The van der Waals surface area contributed by atoms with Crippen LogP contribution in [-0.4, -0.2) is 62.4 Å². The number of nitrogens with zero attached hydrogens (tertiary/aromatic N) is 3. The Labute approximate surface area is 189 Å². The predicted molar refractivity (Wildman–Crippen MR) is 125 cm³/mol. The van der Waals surface area contributed by atoms with Crippen LogP contribution in [0.2, 0.25) is 0 Å². The van der Waals surface area contributed by atoms with Gasteiger partial charge in [-0.1, -0.05) is 18.2 Å². The number of carbonyl (C=O) groups excluding carboxylic acids is 2. The second kappa shape index (κ2) is 9.32. The van der Waals surface area contributed by atoms with Crippen molar-refractivity contribution in [3.8, 4) is 0 Å². The maximum atomic E-state index is 12.9. The van der Waals surface area contributed by atoms with Gasteiger partial charge in [0.25, 0.3) is 0 Å². The molecular weight excluding hydrogens is 481 g/mol. The van der Waals surface area contributed by atoms with Crippen LogP contribution in [0.1, 0.15) is 31.2 Å². The summed E-state index contributed by atoms with van der Waals surface area (Å²) in [6, 6.07) is 8.15. The lowest BCUT2D eigenvalue weighted by Gasteiger charge is -2.40. The van der Waals surface area contributed by atoms with Crippen LogP contribution in [0.25, 0.3) is 0 Å². The zero-order valence-corrected chi connectivity index (χ0v) is 19.3. The number of para-hydroxylation sites is 1. The van der Waals surface area contributed by atoms with Gasteiger partial charge in [-0.25, -0.2) is 0 Å². The zero-order chi connectivity index (χ0) is 19.6. The lowest BCUT2D eigenvalue weighted by Crippen LogP contribution is -2.53. The third-order valence-corrected chi connectivity index (χ3v) is 6.18. The Hall–Kier alpha value is -1.84. The number of likely N-dealkylation sites (tertiary alicyclic amines) is 1. The highest BCUT2D eigenvalue weighted by atomic mass is 127. The van der Waals surface area contributed by atoms with E-state index >= 15 is 0 Å². The van der Waals surface area contributed by atoms with Crippen molar-refractivity contribution in [1.29, 1.82) is 0 Å². The molecule has 3 aliphatic rings. The Balaban J connectivity index is 0.00000240. The standard InChI is InChI=1S/C21H29N5O2.HI/c1-22-20(25-10-5-9-21(15-25)12-18(27)24-14-21)23-13-19(28)26-11-4-7-16-6-2-3-8-17(16)26;/h2-3,6,8H,4-5,7,9-15H2,1H3,(H,22,23)(H,24,27);1H. The van der Waals surface area contributed by atoms with Crippen molar-refractivity contribution in [1.82, 2.24) is 15.5 Å². The van der Waals surface area contributed by atoms with Crippen LogP contribution in [0.15, 0.2) is 29.3 Å². The van der Waals surface area contributed by atoms with Gasteiger partial charge in [0.2, 0.25) is 11.8 Å². The molecule has 29 heavy (non-hydrogen) atoms. The number of amides is 2. The summed E-state index contributed by atoms with van der Waals surface area (Å²) in [4.78, 5) is 33.1. The van der Waals surface area contributed by atoms with Gasteiger partial charge in [0.1, 0.15) is 0 Å². The van der Waals surface area contributed by atoms with E-state index in [0.29, 0.717) is 6.42 Å². The van der Waals surface area contributed by atoms with Crippen LogP contribution >= 0.6 is 24.0 Å². The molecular formula is C21H30IN5O2. The van der Waals surface area contributed by atoms with Crippen LogP contribution < -0.4 is 15.5 Å². The number of hydrogen-bond acceptors (Lipinski definition) is 3. The van der Waals surface area contributed by atoms with E-state index in [4.69, 9.17) is 0 Å². The second-order valence-electron chi connectivity index (χ2n) is 8.16. The van der Waals surface area contributed by atoms with Crippen molar-refractivity contribution in [3.05, 3.63) is 29.8 Å². The summed E-state index contributed by atoms with van der Waals surface area (Å²) in [5, 5.41) is 6.24. The third-order valence-electron chi connectivity index (χ3n) is 6.18. The number of carbonyl (C=O) groups is 2. The van der Waals surface area contributed by atoms with Gasteiger partial charge in [0.15, 0.2) is 5.96 Å². The largest absolute Gasteiger partial charge is 0.355 e. The lowest BCUT2D eigenvalue weighted by molar-refractivity contribution is -0.120. The van der Waals surface area contributed by atoms with Crippen molar-refractivity contribution in [2.75, 3.05) is 44.7 Å². The number of hydrogen-bond donors (Lipinski definition) is 2. The summed E-state index contributed by atoms with van der Waals surface area (Å²) < 4.78 is 0. The predicted octanol–water partition coefficient (Wildman–Crippen LogP) is 1.76. The number of nitrogens with one attached hydrogen (secondary N) is 2. The number of rotatable bonds is 2. The normalized spacial score (nSPS) is 24.0.